The Balaban J connectivity index is 1.68. The maximum atomic E-state index is 11.3. The Morgan fingerprint density at radius 3 is 2.81 bits per heavy atom. The van der Waals surface area contributed by atoms with Crippen molar-refractivity contribution in [1.82, 2.24) is 19.4 Å². The highest BCUT2D eigenvalue weighted by atomic mass is 32.2. The van der Waals surface area contributed by atoms with Crippen LogP contribution in [0.5, 0.6) is 0 Å². The van der Waals surface area contributed by atoms with Gasteiger partial charge in [-0.3, -0.25) is 9.58 Å². The summed E-state index contributed by atoms with van der Waals surface area (Å²) in [5.41, 5.74) is 1.23. The summed E-state index contributed by atoms with van der Waals surface area (Å²) in [6, 6.07) is 2.07. The van der Waals surface area contributed by atoms with Gasteiger partial charge in [0.05, 0.1) is 11.9 Å². The fourth-order valence-corrected chi connectivity index (χ4v) is 3.74. The van der Waals surface area contributed by atoms with Gasteiger partial charge in [0.15, 0.2) is 0 Å². The SMILES string of the molecule is CS(=O)(=O)NC[C@@H]1CN(CC2CCC2)Cc2ccnn2C1. The van der Waals surface area contributed by atoms with Crippen LogP contribution in [0, 0.1) is 11.8 Å². The first-order chi connectivity index (χ1) is 9.99. The molecule has 0 saturated heterocycles. The molecule has 2 aliphatic rings. The number of fused-ring (bicyclic) bond motifs is 1. The third-order valence-electron chi connectivity index (χ3n) is 4.51. The van der Waals surface area contributed by atoms with Gasteiger partial charge in [0.25, 0.3) is 0 Å². The molecule has 1 saturated carbocycles. The van der Waals surface area contributed by atoms with E-state index >= 15 is 0 Å². The molecule has 7 heteroatoms. The van der Waals surface area contributed by atoms with E-state index in [1.54, 1.807) is 0 Å². The normalized spacial score (nSPS) is 24.3. The molecule has 0 spiro atoms. The second kappa shape index (κ2) is 6.06. The molecule has 1 aliphatic heterocycles. The first-order valence-corrected chi connectivity index (χ1v) is 9.56. The Bertz CT molecular complexity index is 580. The maximum absolute atomic E-state index is 11.3. The van der Waals surface area contributed by atoms with E-state index in [0.717, 1.165) is 32.1 Å². The fourth-order valence-electron chi connectivity index (χ4n) is 3.20. The van der Waals surface area contributed by atoms with Crippen molar-refractivity contribution in [3.05, 3.63) is 18.0 Å². The van der Waals surface area contributed by atoms with Gasteiger partial charge in [-0.05, 0) is 24.8 Å². The zero-order chi connectivity index (χ0) is 14.9. The topological polar surface area (TPSA) is 67.2 Å². The molecule has 0 aromatic carbocycles. The molecular formula is C14H24N4O2S. The molecule has 21 heavy (non-hydrogen) atoms. The van der Waals surface area contributed by atoms with Gasteiger partial charge in [0.1, 0.15) is 0 Å². The van der Waals surface area contributed by atoms with Crippen LogP contribution in [-0.4, -0.2) is 49.0 Å². The summed E-state index contributed by atoms with van der Waals surface area (Å²) in [5, 5.41) is 4.37. The molecule has 1 aromatic rings. The summed E-state index contributed by atoms with van der Waals surface area (Å²) in [6.07, 6.45) is 7.08. The lowest BCUT2D eigenvalue weighted by molar-refractivity contribution is 0.155. The standard InChI is InChI=1S/C14H24N4O2S/c1-21(19,20)16-7-13-9-17(8-12-3-2-4-12)11-14-5-6-15-18(14)10-13/h5-6,12-13,16H,2-4,7-11H2,1H3/t13-/m1/s1. The maximum Gasteiger partial charge on any atom is 0.208 e. The molecule has 2 heterocycles. The van der Waals surface area contributed by atoms with Crippen molar-refractivity contribution in [2.24, 2.45) is 11.8 Å². The van der Waals surface area contributed by atoms with Crippen molar-refractivity contribution >= 4 is 10.0 Å². The second-order valence-electron chi connectivity index (χ2n) is 6.48. The Morgan fingerprint density at radius 2 is 2.14 bits per heavy atom. The third kappa shape index (κ3) is 4.05. The van der Waals surface area contributed by atoms with Gasteiger partial charge < -0.3 is 0 Å². The van der Waals surface area contributed by atoms with Gasteiger partial charge in [-0.1, -0.05) is 6.42 Å². The Hall–Kier alpha value is -0.920. The van der Waals surface area contributed by atoms with Gasteiger partial charge in [-0.15, -0.1) is 0 Å². The van der Waals surface area contributed by atoms with Crippen LogP contribution in [0.4, 0.5) is 0 Å². The number of hydrogen-bond donors (Lipinski definition) is 1. The predicted octanol–water partition coefficient (Wildman–Crippen LogP) is 0.664. The summed E-state index contributed by atoms with van der Waals surface area (Å²) in [4.78, 5) is 2.47. The van der Waals surface area contributed by atoms with E-state index in [0.29, 0.717) is 6.54 Å². The van der Waals surface area contributed by atoms with Gasteiger partial charge in [0, 0.05) is 44.8 Å². The molecule has 0 bridgehead atoms. The van der Waals surface area contributed by atoms with Crippen molar-refractivity contribution in [1.29, 1.82) is 0 Å². The van der Waals surface area contributed by atoms with Crippen molar-refractivity contribution in [2.45, 2.75) is 32.4 Å². The average Bonchev–Trinajstić information content (AvgIpc) is 2.70. The van der Waals surface area contributed by atoms with Gasteiger partial charge in [0.2, 0.25) is 10.0 Å². The number of nitrogens with one attached hydrogen (secondary N) is 1. The van der Waals surface area contributed by atoms with E-state index in [1.807, 2.05) is 10.9 Å². The zero-order valence-electron chi connectivity index (χ0n) is 12.5. The molecule has 1 aliphatic carbocycles. The van der Waals surface area contributed by atoms with E-state index in [9.17, 15) is 8.42 Å². The lowest BCUT2D eigenvalue weighted by Crippen LogP contribution is -2.38. The summed E-state index contributed by atoms with van der Waals surface area (Å²) >= 11 is 0. The van der Waals surface area contributed by atoms with Crippen LogP contribution < -0.4 is 4.72 Å². The van der Waals surface area contributed by atoms with Crippen LogP contribution in [0.3, 0.4) is 0 Å². The first-order valence-electron chi connectivity index (χ1n) is 7.67. The number of rotatable bonds is 5. The number of nitrogens with zero attached hydrogens (tertiary/aromatic N) is 3. The minimum absolute atomic E-state index is 0.265. The molecule has 1 atom stereocenters. The number of aromatic nitrogens is 2. The number of sulfonamides is 1. The molecule has 1 aromatic heterocycles. The predicted molar refractivity (Wildman–Crippen MR) is 81.2 cm³/mol. The second-order valence-corrected chi connectivity index (χ2v) is 8.32. The smallest absolute Gasteiger partial charge is 0.208 e. The molecule has 1 N–H and O–H groups in total. The molecule has 0 unspecified atom stereocenters. The quantitative estimate of drug-likeness (QED) is 0.867. The molecule has 0 amide bonds. The monoisotopic (exact) mass is 312 g/mol. The van der Waals surface area contributed by atoms with Crippen LogP contribution in [-0.2, 0) is 23.1 Å². The Kier molecular flexibility index (Phi) is 4.33. The minimum Gasteiger partial charge on any atom is -0.297 e. The summed E-state index contributed by atoms with van der Waals surface area (Å²) in [5.74, 6) is 1.09. The fraction of sp³-hybridized carbons (Fsp3) is 0.786. The van der Waals surface area contributed by atoms with Gasteiger partial charge in [-0.25, -0.2) is 13.1 Å². The molecule has 1 fully saturated rings. The minimum atomic E-state index is -3.13. The molecule has 6 nitrogen and oxygen atoms in total. The van der Waals surface area contributed by atoms with E-state index in [2.05, 4.69) is 20.8 Å². The van der Waals surface area contributed by atoms with Crippen LogP contribution in [0.2, 0.25) is 0 Å². The lowest BCUT2D eigenvalue weighted by Gasteiger charge is -2.32. The van der Waals surface area contributed by atoms with Crippen LogP contribution >= 0.6 is 0 Å². The number of hydrogen-bond acceptors (Lipinski definition) is 4. The van der Waals surface area contributed by atoms with Crippen LogP contribution in [0.1, 0.15) is 25.0 Å². The van der Waals surface area contributed by atoms with Crippen molar-refractivity contribution in [3.8, 4) is 0 Å². The first kappa shape index (κ1) is 15.0. The summed E-state index contributed by atoms with van der Waals surface area (Å²) < 4.78 is 27.3. The van der Waals surface area contributed by atoms with Crippen molar-refractivity contribution in [3.63, 3.8) is 0 Å². The van der Waals surface area contributed by atoms with E-state index < -0.39 is 10.0 Å². The summed E-state index contributed by atoms with van der Waals surface area (Å²) in [6.45, 7) is 4.25. The largest absolute Gasteiger partial charge is 0.297 e. The zero-order valence-corrected chi connectivity index (χ0v) is 13.3. The third-order valence-corrected chi connectivity index (χ3v) is 5.20. The van der Waals surface area contributed by atoms with E-state index in [-0.39, 0.29) is 5.92 Å². The molecule has 0 radical (unpaired) electrons. The molecule has 3 rings (SSSR count). The highest BCUT2D eigenvalue weighted by Gasteiger charge is 2.26. The van der Waals surface area contributed by atoms with Crippen LogP contribution in [0.25, 0.3) is 0 Å². The molecular weight excluding hydrogens is 288 g/mol. The highest BCUT2D eigenvalue weighted by Crippen LogP contribution is 2.28. The van der Waals surface area contributed by atoms with E-state index in [1.165, 1.54) is 31.2 Å². The van der Waals surface area contributed by atoms with Crippen LogP contribution in [0.15, 0.2) is 12.3 Å². The van der Waals surface area contributed by atoms with Gasteiger partial charge >= 0.3 is 0 Å². The van der Waals surface area contributed by atoms with Gasteiger partial charge in [-0.2, -0.15) is 5.10 Å². The van der Waals surface area contributed by atoms with E-state index in [4.69, 9.17) is 0 Å². The Labute approximate surface area is 126 Å². The highest BCUT2D eigenvalue weighted by molar-refractivity contribution is 7.88. The Morgan fingerprint density at radius 1 is 1.33 bits per heavy atom. The lowest BCUT2D eigenvalue weighted by atomic mass is 9.85. The summed E-state index contributed by atoms with van der Waals surface area (Å²) in [7, 11) is -3.13. The van der Waals surface area contributed by atoms with Crippen molar-refractivity contribution < 1.29 is 8.42 Å². The average molecular weight is 312 g/mol. The van der Waals surface area contributed by atoms with Crippen molar-refractivity contribution in [2.75, 3.05) is 25.9 Å². The molecule has 118 valence electrons.